The highest BCUT2D eigenvalue weighted by atomic mass is 16.4. The molecule has 4 amide bonds. The smallest absolute Gasteiger partial charge is 0.305 e. The molecule has 2 aromatic carbocycles. The van der Waals surface area contributed by atoms with Gasteiger partial charge >= 0.3 is 5.97 Å². The van der Waals surface area contributed by atoms with E-state index in [0.29, 0.717) is 51.5 Å². The predicted octanol–water partition coefficient (Wildman–Crippen LogP) is 1.21. The van der Waals surface area contributed by atoms with Crippen molar-refractivity contribution in [1.29, 1.82) is 5.41 Å². The molecule has 47 heavy (non-hydrogen) atoms. The predicted molar refractivity (Wildman–Crippen MR) is 175 cm³/mol. The van der Waals surface area contributed by atoms with Gasteiger partial charge in [0.05, 0.1) is 12.8 Å². The number of rotatable bonds is 16. The molecule has 5 atom stereocenters. The molecule has 0 radical (unpaired) electrons. The van der Waals surface area contributed by atoms with Crippen LogP contribution in [0.5, 0.6) is 0 Å². The highest BCUT2D eigenvalue weighted by Crippen LogP contribution is 2.33. The Morgan fingerprint density at radius 1 is 0.915 bits per heavy atom. The van der Waals surface area contributed by atoms with Gasteiger partial charge in [-0.1, -0.05) is 60.7 Å². The van der Waals surface area contributed by atoms with Gasteiger partial charge in [-0.3, -0.25) is 29.4 Å². The lowest BCUT2D eigenvalue weighted by Gasteiger charge is -2.38. The van der Waals surface area contributed by atoms with Crippen molar-refractivity contribution >= 4 is 35.6 Å². The minimum Gasteiger partial charge on any atom is -0.481 e. The quantitative estimate of drug-likeness (QED) is 0.0799. The van der Waals surface area contributed by atoms with Crippen LogP contribution in [0.25, 0.3) is 0 Å². The van der Waals surface area contributed by atoms with Crippen molar-refractivity contribution < 1.29 is 29.1 Å². The first-order chi connectivity index (χ1) is 22.6. The number of carbonyl (C=O) groups excluding carboxylic acids is 4. The van der Waals surface area contributed by atoms with Crippen molar-refractivity contribution in [2.24, 2.45) is 5.73 Å². The van der Waals surface area contributed by atoms with Crippen molar-refractivity contribution in [3.8, 4) is 0 Å². The van der Waals surface area contributed by atoms with E-state index in [9.17, 15) is 29.1 Å². The normalized spacial score (nSPS) is 20.0. The second-order valence-electron chi connectivity index (χ2n) is 12.2. The molecule has 13 nitrogen and oxygen atoms in total. The summed E-state index contributed by atoms with van der Waals surface area (Å²) in [4.78, 5) is 66.8. The van der Waals surface area contributed by atoms with Gasteiger partial charge in [0, 0.05) is 18.6 Å². The zero-order valence-electron chi connectivity index (χ0n) is 26.5. The number of carboxylic acid groups (broad SMARTS) is 1. The molecular formula is C34H45N7O6. The molecular weight excluding hydrogens is 602 g/mol. The van der Waals surface area contributed by atoms with Crippen LogP contribution in [0.2, 0.25) is 0 Å². The van der Waals surface area contributed by atoms with Crippen LogP contribution in [-0.2, 0) is 36.8 Å². The van der Waals surface area contributed by atoms with Gasteiger partial charge in [0.1, 0.15) is 18.1 Å². The molecule has 0 aliphatic carbocycles. The van der Waals surface area contributed by atoms with Crippen LogP contribution in [-0.4, -0.2) is 82.3 Å². The highest BCUT2D eigenvalue weighted by molar-refractivity contribution is 5.95. The number of nitrogens with two attached hydrogens (primary N) is 1. The second kappa shape index (κ2) is 17.1. The van der Waals surface area contributed by atoms with Crippen molar-refractivity contribution in [2.75, 3.05) is 6.54 Å². The molecule has 2 aromatic rings. The molecule has 2 unspecified atom stereocenters. The lowest BCUT2D eigenvalue weighted by atomic mass is 9.97. The maximum Gasteiger partial charge on any atom is 0.305 e. The average molecular weight is 648 g/mol. The third-order valence-corrected chi connectivity index (χ3v) is 8.70. The van der Waals surface area contributed by atoms with E-state index in [1.807, 2.05) is 60.7 Å². The number of piperidine rings is 1. The summed E-state index contributed by atoms with van der Waals surface area (Å²) in [6, 6.07) is 15.4. The van der Waals surface area contributed by atoms with Gasteiger partial charge in [0.25, 0.3) is 0 Å². The van der Waals surface area contributed by atoms with Gasteiger partial charge in [-0.15, -0.1) is 0 Å². The Hall–Kier alpha value is -4.94. The van der Waals surface area contributed by atoms with E-state index in [0.717, 1.165) is 11.1 Å². The van der Waals surface area contributed by atoms with Gasteiger partial charge in [0.2, 0.25) is 23.6 Å². The van der Waals surface area contributed by atoms with E-state index in [2.05, 4.69) is 21.3 Å². The van der Waals surface area contributed by atoms with E-state index in [1.165, 1.54) is 0 Å². The summed E-state index contributed by atoms with van der Waals surface area (Å²) in [5.74, 6) is -2.85. The third-order valence-electron chi connectivity index (χ3n) is 8.70. The van der Waals surface area contributed by atoms with Gasteiger partial charge in [0.15, 0.2) is 5.96 Å². The Morgan fingerprint density at radius 3 is 2.23 bits per heavy atom. The number of aliphatic carboxylic acids is 1. The number of amides is 4. The molecule has 2 saturated heterocycles. The van der Waals surface area contributed by atoms with Crippen LogP contribution in [0.4, 0.5) is 0 Å². The van der Waals surface area contributed by atoms with Gasteiger partial charge in [-0.2, -0.15) is 0 Å². The largest absolute Gasteiger partial charge is 0.481 e. The van der Waals surface area contributed by atoms with Crippen LogP contribution in [0.3, 0.4) is 0 Å². The zero-order chi connectivity index (χ0) is 33.8. The lowest BCUT2D eigenvalue weighted by Crippen LogP contribution is -2.60. The van der Waals surface area contributed by atoms with Crippen LogP contribution in [0.1, 0.15) is 62.5 Å². The van der Waals surface area contributed by atoms with Gasteiger partial charge in [-0.25, -0.2) is 0 Å². The summed E-state index contributed by atoms with van der Waals surface area (Å²) in [5.41, 5.74) is 7.22. The Kier molecular flexibility index (Phi) is 12.7. The second-order valence-corrected chi connectivity index (χ2v) is 12.2. The molecule has 13 heteroatoms. The Labute approximate surface area is 274 Å². The number of carbonyl (C=O) groups is 5. The summed E-state index contributed by atoms with van der Waals surface area (Å²) in [5, 5.41) is 28.1. The molecule has 2 heterocycles. The minimum atomic E-state index is -1.05. The van der Waals surface area contributed by atoms with Crippen LogP contribution < -0.4 is 27.0 Å². The summed E-state index contributed by atoms with van der Waals surface area (Å²) < 4.78 is 0. The van der Waals surface area contributed by atoms with E-state index in [-0.39, 0.29) is 43.1 Å². The summed E-state index contributed by atoms with van der Waals surface area (Å²) in [6.45, 7) is 0.294. The Balaban J connectivity index is 1.41. The van der Waals surface area contributed by atoms with Crippen molar-refractivity contribution in [2.45, 2.75) is 94.4 Å². The average Bonchev–Trinajstić information content (AvgIpc) is 3.48. The SMILES string of the molecule is N=C(N)NCCC[C@H](NC(=O)C1CC[C@@H]2CCC(NC(=O)Cc3ccccc3)C(=O)N12)C(=O)N[C@@H](CCc1ccccc1)CC(=O)O. The van der Waals surface area contributed by atoms with E-state index in [1.54, 1.807) is 4.90 Å². The molecule has 0 aromatic heterocycles. The first-order valence-electron chi connectivity index (χ1n) is 16.2. The van der Waals surface area contributed by atoms with Crippen LogP contribution >= 0.6 is 0 Å². The minimum absolute atomic E-state index is 0.134. The topological polar surface area (TPSA) is 207 Å². The summed E-state index contributed by atoms with van der Waals surface area (Å²) >= 11 is 0. The van der Waals surface area contributed by atoms with E-state index < -0.39 is 42.0 Å². The molecule has 4 rings (SSSR count). The number of carboxylic acids is 1. The molecule has 252 valence electrons. The summed E-state index contributed by atoms with van der Waals surface area (Å²) in [6.07, 6.45) is 3.56. The molecule has 8 N–H and O–H groups in total. The number of guanidine groups is 1. The lowest BCUT2D eigenvalue weighted by molar-refractivity contribution is -0.146. The van der Waals surface area contributed by atoms with E-state index in [4.69, 9.17) is 11.1 Å². The molecule has 0 spiro atoms. The van der Waals surface area contributed by atoms with Gasteiger partial charge in [-0.05, 0) is 62.5 Å². The Bertz CT molecular complexity index is 1410. The fraction of sp³-hybridized carbons (Fsp3) is 0.471. The van der Waals surface area contributed by atoms with Gasteiger partial charge < -0.3 is 37.0 Å². The molecule has 0 saturated carbocycles. The Morgan fingerprint density at radius 2 is 1.57 bits per heavy atom. The number of nitrogens with one attached hydrogen (secondary N) is 5. The summed E-state index contributed by atoms with van der Waals surface area (Å²) in [7, 11) is 0. The molecule has 0 bridgehead atoms. The molecule has 2 aliphatic heterocycles. The first-order valence-corrected chi connectivity index (χ1v) is 16.2. The number of fused-ring (bicyclic) bond motifs is 1. The standard InChI is InChI=1S/C34H45N7O6/c35-34(36)37-19-7-12-26(31(45)38-24(21-30(43)44)14-13-22-8-3-1-4-9-22)40-32(46)28-18-16-25-15-17-27(33(47)41(25)28)39-29(42)20-23-10-5-2-6-11-23/h1-6,8-11,24-28H,7,12-21H2,(H,38,45)(H,39,42)(H,40,46)(H,43,44)(H4,35,36,37)/t24-,25-,26-,27?,28?/m0/s1. The molecule has 2 aliphatic rings. The maximum absolute atomic E-state index is 13.7. The number of hydrogen-bond donors (Lipinski definition) is 7. The van der Waals surface area contributed by atoms with Crippen molar-refractivity contribution in [3.05, 3.63) is 71.8 Å². The number of aryl methyl sites for hydroxylation is 1. The van der Waals surface area contributed by atoms with Crippen molar-refractivity contribution in [3.63, 3.8) is 0 Å². The highest BCUT2D eigenvalue weighted by Gasteiger charge is 2.46. The fourth-order valence-electron chi connectivity index (χ4n) is 6.37. The zero-order valence-corrected chi connectivity index (χ0v) is 26.5. The fourth-order valence-corrected chi connectivity index (χ4v) is 6.37. The maximum atomic E-state index is 13.7. The van der Waals surface area contributed by atoms with E-state index >= 15 is 0 Å². The monoisotopic (exact) mass is 647 g/mol. The number of benzene rings is 2. The third kappa shape index (κ3) is 10.5. The first kappa shape index (κ1) is 34.9. The number of hydrogen-bond acceptors (Lipinski definition) is 6. The van der Waals surface area contributed by atoms with Crippen molar-refractivity contribution in [1.82, 2.24) is 26.2 Å². The van der Waals surface area contributed by atoms with Crippen LogP contribution in [0, 0.1) is 5.41 Å². The van der Waals surface area contributed by atoms with Crippen LogP contribution in [0.15, 0.2) is 60.7 Å². The molecule has 2 fully saturated rings. The number of nitrogens with zero attached hydrogens (tertiary/aromatic N) is 1.